The molecule has 0 atom stereocenters. The molecule has 1 amide bonds. The van der Waals surface area contributed by atoms with Crippen molar-refractivity contribution in [3.63, 3.8) is 0 Å². The lowest BCUT2D eigenvalue weighted by atomic mass is 9.89. The molecule has 0 bridgehead atoms. The summed E-state index contributed by atoms with van der Waals surface area (Å²) in [5.74, 6) is -0.0159. The fourth-order valence-electron chi connectivity index (χ4n) is 1.36. The third-order valence-corrected chi connectivity index (χ3v) is 2.21. The van der Waals surface area contributed by atoms with Crippen LogP contribution in [0.25, 0.3) is 0 Å². The van der Waals surface area contributed by atoms with E-state index in [0.29, 0.717) is 18.1 Å². The van der Waals surface area contributed by atoms with Crippen molar-refractivity contribution < 1.29 is 9.59 Å². The zero-order chi connectivity index (χ0) is 11.7. The van der Waals surface area contributed by atoms with Crippen LogP contribution < -0.4 is 5.32 Å². The van der Waals surface area contributed by atoms with E-state index in [1.807, 2.05) is 0 Å². The topological polar surface area (TPSA) is 46.2 Å². The Hall–Kier alpha value is -0.860. The van der Waals surface area contributed by atoms with Crippen molar-refractivity contribution in [2.45, 2.75) is 52.9 Å². The van der Waals surface area contributed by atoms with Crippen molar-refractivity contribution in [2.24, 2.45) is 5.41 Å². The van der Waals surface area contributed by atoms with Gasteiger partial charge in [0.15, 0.2) is 0 Å². The Labute approximate surface area is 92.6 Å². The number of hydrogen-bond acceptors (Lipinski definition) is 2. The molecule has 3 heteroatoms. The molecule has 0 fully saturated rings. The molecule has 0 aromatic carbocycles. The van der Waals surface area contributed by atoms with Crippen molar-refractivity contribution in [1.29, 1.82) is 0 Å². The number of carbonyl (C=O) groups is 2. The molecule has 0 aliphatic rings. The lowest BCUT2D eigenvalue weighted by Crippen LogP contribution is -2.24. The van der Waals surface area contributed by atoms with Gasteiger partial charge in [0.1, 0.15) is 6.29 Å². The molecule has 0 aliphatic carbocycles. The van der Waals surface area contributed by atoms with Gasteiger partial charge in [-0.1, -0.05) is 33.6 Å². The number of carbonyl (C=O) groups excluding carboxylic acids is 2. The second kappa shape index (κ2) is 7.43. The largest absolute Gasteiger partial charge is 0.349 e. The van der Waals surface area contributed by atoms with Gasteiger partial charge in [-0.25, -0.2) is 0 Å². The van der Waals surface area contributed by atoms with E-state index in [1.54, 1.807) is 0 Å². The zero-order valence-corrected chi connectivity index (χ0v) is 10.1. The molecule has 3 nitrogen and oxygen atoms in total. The number of amides is 1. The van der Waals surface area contributed by atoms with Crippen molar-refractivity contribution in [3.05, 3.63) is 0 Å². The normalized spacial score (nSPS) is 11.1. The first kappa shape index (κ1) is 14.1. The van der Waals surface area contributed by atoms with Crippen LogP contribution in [-0.4, -0.2) is 18.7 Å². The van der Waals surface area contributed by atoms with Crippen molar-refractivity contribution in [1.82, 2.24) is 5.32 Å². The molecule has 88 valence electrons. The fraction of sp³-hybridized carbons (Fsp3) is 0.833. The minimum atomic E-state index is -0.0159. The van der Waals surface area contributed by atoms with Gasteiger partial charge in [-0.2, -0.15) is 0 Å². The lowest BCUT2D eigenvalue weighted by molar-refractivity contribution is -0.122. The van der Waals surface area contributed by atoms with Gasteiger partial charge in [0, 0.05) is 6.42 Å². The first-order chi connectivity index (χ1) is 6.95. The molecule has 0 unspecified atom stereocenters. The van der Waals surface area contributed by atoms with Gasteiger partial charge in [-0.15, -0.1) is 0 Å². The molecule has 0 saturated carbocycles. The van der Waals surface area contributed by atoms with Crippen molar-refractivity contribution >= 4 is 12.2 Å². The van der Waals surface area contributed by atoms with E-state index < -0.39 is 0 Å². The summed E-state index contributed by atoms with van der Waals surface area (Å²) in [6, 6.07) is 0. The van der Waals surface area contributed by atoms with Gasteiger partial charge in [0.05, 0.1) is 6.54 Å². The van der Waals surface area contributed by atoms with Crippen LogP contribution in [0.4, 0.5) is 0 Å². The van der Waals surface area contributed by atoms with Gasteiger partial charge in [-0.05, 0) is 18.3 Å². The monoisotopic (exact) mass is 213 g/mol. The molecule has 0 spiro atoms. The number of rotatable bonds is 7. The zero-order valence-electron chi connectivity index (χ0n) is 10.1. The van der Waals surface area contributed by atoms with Gasteiger partial charge in [0.2, 0.25) is 5.91 Å². The minimum absolute atomic E-state index is 0.0159. The standard InChI is InChI=1S/C12H23NO2/c1-12(2,3)8-6-4-5-7-11(15)13-9-10-14/h10H,4-9H2,1-3H3,(H,13,15). The number of nitrogens with one attached hydrogen (secondary N) is 1. The Morgan fingerprint density at radius 2 is 1.87 bits per heavy atom. The third-order valence-electron chi connectivity index (χ3n) is 2.21. The Morgan fingerprint density at radius 1 is 1.20 bits per heavy atom. The summed E-state index contributed by atoms with van der Waals surface area (Å²) in [5, 5.41) is 2.53. The van der Waals surface area contributed by atoms with Crippen LogP contribution in [0, 0.1) is 5.41 Å². The number of hydrogen-bond donors (Lipinski definition) is 1. The second-order valence-corrected chi connectivity index (χ2v) is 5.09. The van der Waals surface area contributed by atoms with E-state index in [0.717, 1.165) is 12.8 Å². The number of aldehydes is 1. The highest BCUT2D eigenvalue weighted by Gasteiger charge is 2.09. The smallest absolute Gasteiger partial charge is 0.220 e. The predicted molar refractivity (Wildman–Crippen MR) is 61.6 cm³/mol. The van der Waals surface area contributed by atoms with Crippen LogP contribution in [0.2, 0.25) is 0 Å². The highest BCUT2D eigenvalue weighted by molar-refractivity contribution is 5.78. The van der Waals surface area contributed by atoms with Crippen LogP contribution in [0.1, 0.15) is 52.9 Å². The summed E-state index contributed by atoms with van der Waals surface area (Å²) in [6.07, 6.45) is 5.62. The molecule has 0 aromatic heterocycles. The summed E-state index contributed by atoms with van der Waals surface area (Å²) >= 11 is 0. The van der Waals surface area contributed by atoms with E-state index >= 15 is 0 Å². The van der Waals surface area contributed by atoms with E-state index in [9.17, 15) is 9.59 Å². The molecule has 0 radical (unpaired) electrons. The first-order valence-corrected chi connectivity index (χ1v) is 5.66. The van der Waals surface area contributed by atoms with E-state index in [2.05, 4.69) is 26.1 Å². The van der Waals surface area contributed by atoms with E-state index in [1.165, 1.54) is 12.8 Å². The van der Waals surface area contributed by atoms with E-state index in [4.69, 9.17) is 0 Å². The van der Waals surface area contributed by atoms with Gasteiger partial charge >= 0.3 is 0 Å². The Balaban J connectivity index is 3.31. The van der Waals surface area contributed by atoms with E-state index in [-0.39, 0.29) is 12.5 Å². The molecular formula is C12H23NO2. The van der Waals surface area contributed by atoms with Crippen LogP contribution in [0.15, 0.2) is 0 Å². The van der Waals surface area contributed by atoms with Crippen molar-refractivity contribution in [2.75, 3.05) is 6.54 Å². The Kier molecular flexibility index (Phi) is 7.01. The molecule has 0 saturated heterocycles. The maximum Gasteiger partial charge on any atom is 0.220 e. The fourth-order valence-corrected chi connectivity index (χ4v) is 1.36. The third kappa shape index (κ3) is 11.1. The summed E-state index contributed by atoms with van der Waals surface area (Å²) in [5.41, 5.74) is 0.389. The quantitative estimate of drug-likeness (QED) is 0.521. The van der Waals surface area contributed by atoms with Crippen LogP contribution in [-0.2, 0) is 9.59 Å². The Morgan fingerprint density at radius 3 is 2.40 bits per heavy atom. The van der Waals surface area contributed by atoms with Crippen LogP contribution >= 0.6 is 0 Å². The minimum Gasteiger partial charge on any atom is -0.349 e. The summed E-state index contributed by atoms with van der Waals surface area (Å²) in [6.45, 7) is 6.82. The molecule has 0 aliphatic heterocycles. The summed E-state index contributed by atoms with van der Waals surface area (Å²) in [4.78, 5) is 21.1. The lowest BCUT2D eigenvalue weighted by Gasteiger charge is -2.17. The molecule has 15 heavy (non-hydrogen) atoms. The van der Waals surface area contributed by atoms with Gasteiger partial charge in [-0.3, -0.25) is 4.79 Å². The average molecular weight is 213 g/mol. The Bertz CT molecular complexity index is 194. The highest BCUT2D eigenvalue weighted by atomic mass is 16.2. The predicted octanol–water partition coefficient (Wildman–Crippen LogP) is 2.30. The molecule has 0 rings (SSSR count). The summed E-state index contributed by atoms with van der Waals surface area (Å²) in [7, 11) is 0. The maximum absolute atomic E-state index is 11.1. The van der Waals surface area contributed by atoms with Gasteiger partial charge in [0.25, 0.3) is 0 Å². The molecule has 1 N–H and O–H groups in total. The molecule has 0 aromatic rings. The van der Waals surface area contributed by atoms with Gasteiger partial charge < -0.3 is 10.1 Å². The van der Waals surface area contributed by atoms with Crippen molar-refractivity contribution in [3.8, 4) is 0 Å². The number of unbranched alkanes of at least 4 members (excludes halogenated alkanes) is 2. The molecule has 0 heterocycles. The SMILES string of the molecule is CC(C)(C)CCCCCC(=O)NCC=O. The van der Waals surface area contributed by atoms with Crippen LogP contribution in [0.3, 0.4) is 0 Å². The van der Waals surface area contributed by atoms with Crippen LogP contribution in [0.5, 0.6) is 0 Å². The average Bonchev–Trinajstić information content (AvgIpc) is 2.12. The second-order valence-electron chi connectivity index (χ2n) is 5.09. The molecular weight excluding hydrogens is 190 g/mol. The summed E-state index contributed by atoms with van der Waals surface area (Å²) < 4.78 is 0. The first-order valence-electron chi connectivity index (χ1n) is 5.66. The maximum atomic E-state index is 11.1. The highest BCUT2D eigenvalue weighted by Crippen LogP contribution is 2.22.